The van der Waals surface area contributed by atoms with E-state index in [1.807, 2.05) is 13.8 Å². The first-order valence-corrected chi connectivity index (χ1v) is 10.0. The Kier molecular flexibility index (Phi) is 7.33. The van der Waals surface area contributed by atoms with Crippen LogP contribution in [-0.2, 0) is 4.74 Å². The molecule has 0 aliphatic carbocycles. The fourth-order valence-corrected chi connectivity index (χ4v) is 2.79. The third-order valence-electron chi connectivity index (χ3n) is 4.47. The van der Waals surface area contributed by atoms with Crippen molar-refractivity contribution in [1.82, 2.24) is 9.97 Å². The highest BCUT2D eigenvalue weighted by Gasteiger charge is 2.13. The van der Waals surface area contributed by atoms with Gasteiger partial charge in [0.25, 0.3) is 0 Å². The Labute approximate surface area is 186 Å². The van der Waals surface area contributed by atoms with Crippen LogP contribution in [0.4, 0.5) is 28.7 Å². The van der Waals surface area contributed by atoms with Crippen molar-refractivity contribution in [3.05, 3.63) is 54.4 Å². The molecule has 0 spiro atoms. The summed E-state index contributed by atoms with van der Waals surface area (Å²) in [6.07, 6.45) is 1.39. The summed E-state index contributed by atoms with van der Waals surface area (Å²) in [6, 6.07) is 12.2. The predicted molar refractivity (Wildman–Crippen MR) is 124 cm³/mol. The minimum Gasteiger partial charge on any atom is -0.497 e. The number of nitrogens with one attached hydrogen (secondary N) is 2. The van der Waals surface area contributed by atoms with Gasteiger partial charge in [-0.1, -0.05) is 13.8 Å². The van der Waals surface area contributed by atoms with Crippen molar-refractivity contribution in [2.24, 2.45) is 5.92 Å². The average molecular weight is 438 g/mol. The lowest BCUT2D eigenvalue weighted by molar-refractivity contribution is 0.0459. The minimum atomic E-state index is -0.356. The summed E-state index contributed by atoms with van der Waals surface area (Å²) >= 11 is 0. The zero-order valence-electron chi connectivity index (χ0n) is 18.5. The molecule has 0 aliphatic rings. The fraction of sp³-hybridized carbons (Fsp3) is 0.261. The van der Waals surface area contributed by atoms with Gasteiger partial charge in [0, 0.05) is 11.8 Å². The summed E-state index contributed by atoms with van der Waals surface area (Å²) in [4.78, 5) is 20.5. The molecule has 0 radical (unpaired) electrons. The van der Waals surface area contributed by atoms with Crippen LogP contribution >= 0.6 is 0 Å². The number of ether oxygens (including phenoxy) is 3. The largest absolute Gasteiger partial charge is 0.497 e. The van der Waals surface area contributed by atoms with E-state index >= 15 is 0 Å². The second kappa shape index (κ2) is 10.3. The van der Waals surface area contributed by atoms with E-state index in [1.165, 1.54) is 6.33 Å². The Morgan fingerprint density at radius 3 is 2.31 bits per heavy atom. The van der Waals surface area contributed by atoms with Gasteiger partial charge in [-0.2, -0.15) is 0 Å². The SMILES string of the molecule is COc1ccc(OC)c(Nc2ncnc(Nc3ccc(C(=O)OCC(C)C)cc3)c2N)c1. The van der Waals surface area contributed by atoms with Crippen molar-refractivity contribution >= 4 is 34.7 Å². The first kappa shape index (κ1) is 22.7. The van der Waals surface area contributed by atoms with E-state index in [1.54, 1.807) is 56.7 Å². The first-order chi connectivity index (χ1) is 15.4. The Morgan fingerprint density at radius 2 is 1.69 bits per heavy atom. The van der Waals surface area contributed by atoms with E-state index in [4.69, 9.17) is 19.9 Å². The number of hydrogen-bond donors (Lipinski definition) is 3. The fourth-order valence-electron chi connectivity index (χ4n) is 2.79. The number of rotatable bonds is 9. The number of methoxy groups -OCH3 is 2. The molecule has 1 heterocycles. The number of carbonyl (C=O) groups is 1. The quantitative estimate of drug-likeness (QED) is 0.419. The molecule has 0 unspecified atom stereocenters. The lowest BCUT2D eigenvalue weighted by Gasteiger charge is -2.15. The highest BCUT2D eigenvalue weighted by molar-refractivity contribution is 5.90. The molecule has 0 atom stereocenters. The van der Waals surface area contributed by atoms with Gasteiger partial charge in [0.1, 0.15) is 23.5 Å². The molecule has 4 N–H and O–H groups in total. The van der Waals surface area contributed by atoms with Crippen LogP contribution in [0.5, 0.6) is 11.5 Å². The second-order valence-corrected chi connectivity index (χ2v) is 7.37. The molecule has 3 aromatic rings. The van der Waals surface area contributed by atoms with Gasteiger partial charge in [-0.25, -0.2) is 14.8 Å². The summed E-state index contributed by atoms with van der Waals surface area (Å²) in [7, 11) is 3.16. The van der Waals surface area contributed by atoms with Crippen LogP contribution in [-0.4, -0.2) is 36.8 Å². The third kappa shape index (κ3) is 5.57. The van der Waals surface area contributed by atoms with Crippen LogP contribution in [0.25, 0.3) is 0 Å². The summed E-state index contributed by atoms with van der Waals surface area (Å²) in [5, 5.41) is 6.30. The zero-order chi connectivity index (χ0) is 23.1. The van der Waals surface area contributed by atoms with Gasteiger partial charge < -0.3 is 30.6 Å². The van der Waals surface area contributed by atoms with E-state index in [-0.39, 0.29) is 11.9 Å². The lowest BCUT2D eigenvalue weighted by atomic mass is 10.2. The van der Waals surface area contributed by atoms with Crippen molar-refractivity contribution in [3.8, 4) is 11.5 Å². The summed E-state index contributed by atoms with van der Waals surface area (Å²) in [6.45, 7) is 4.35. The number of nitrogens with zero attached hydrogens (tertiary/aromatic N) is 2. The van der Waals surface area contributed by atoms with Crippen molar-refractivity contribution in [2.45, 2.75) is 13.8 Å². The molecule has 0 saturated carbocycles. The van der Waals surface area contributed by atoms with E-state index in [9.17, 15) is 4.79 Å². The first-order valence-electron chi connectivity index (χ1n) is 10.0. The molecule has 2 aromatic carbocycles. The minimum absolute atomic E-state index is 0.278. The molecule has 168 valence electrons. The van der Waals surface area contributed by atoms with Gasteiger partial charge in [-0.05, 0) is 42.3 Å². The molecule has 1 aromatic heterocycles. The molecule has 9 heteroatoms. The van der Waals surface area contributed by atoms with Crippen LogP contribution < -0.4 is 25.8 Å². The number of anilines is 5. The summed E-state index contributed by atoms with van der Waals surface area (Å²) in [5.41, 5.74) is 8.43. The normalized spacial score (nSPS) is 10.5. The monoisotopic (exact) mass is 437 g/mol. The number of benzene rings is 2. The van der Waals surface area contributed by atoms with Gasteiger partial charge in [0.05, 0.1) is 32.1 Å². The highest BCUT2D eigenvalue weighted by Crippen LogP contribution is 2.34. The van der Waals surface area contributed by atoms with Crippen molar-refractivity contribution in [1.29, 1.82) is 0 Å². The second-order valence-electron chi connectivity index (χ2n) is 7.37. The maximum absolute atomic E-state index is 12.1. The number of carbonyl (C=O) groups excluding carboxylic acids is 1. The van der Waals surface area contributed by atoms with Gasteiger partial charge >= 0.3 is 5.97 Å². The number of esters is 1. The molecular weight excluding hydrogens is 410 g/mol. The van der Waals surface area contributed by atoms with Gasteiger partial charge in [-0.15, -0.1) is 0 Å². The van der Waals surface area contributed by atoms with Crippen LogP contribution in [0.2, 0.25) is 0 Å². The van der Waals surface area contributed by atoms with E-state index in [0.29, 0.717) is 52.4 Å². The van der Waals surface area contributed by atoms with E-state index in [2.05, 4.69) is 20.6 Å². The maximum atomic E-state index is 12.1. The van der Waals surface area contributed by atoms with Crippen LogP contribution in [0.15, 0.2) is 48.8 Å². The number of hydrogen-bond acceptors (Lipinski definition) is 9. The Morgan fingerprint density at radius 1 is 1.00 bits per heavy atom. The van der Waals surface area contributed by atoms with Crippen molar-refractivity contribution < 1.29 is 19.0 Å². The molecule has 0 saturated heterocycles. The Balaban J connectivity index is 1.76. The number of nitrogen functional groups attached to an aromatic ring is 1. The molecule has 0 bridgehead atoms. The van der Waals surface area contributed by atoms with Gasteiger partial charge in [0.2, 0.25) is 0 Å². The molecule has 32 heavy (non-hydrogen) atoms. The average Bonchev–Trinajstić information content (AvgIpc) is 2.80. The molecule has 0 fully saturated rings. The van der Waals surface area contributed by atoms with E-state index in [0.717, 1.165) is 0 Å². The van der Waals surface area contributed by atoms with Gasteiger partial charge in [-0.3, -0.25) is 0 Å². The maximum Gasteiger partial charge on any atom is 0.338 e. The smallest absolute Gasteiger partial charge is 0.338 e. The standard InChI is InChI=1S/C23H27N5O4/c1-14(2)12-32-23(29)15-5-7-16(8-6-15)27-21-20(24)22(26-13-25-21)28-18-11-17(30-3)9-10-19(18)31-4/h5-11,13-14H,12,24H2,1-4H3,(H2,25,26,27,28). The number of aromatic nitrogens is 2. The molecule has 0 aliphatic heterocycles. The lowest BCUT2D eigenvalue weighted by Crippen LogP contribution is -2.10. The summed E-state index contributed by atoms with van der Waals surface area (Å²) < 4.78 is 15.9. The Bertz CT molecular complexity index is 1070. The van der Waals surface area contributed by atoms with Gasteiger partial charge in [0.15, 0.2) is 11.6 Å². The van der Waals surface area contributed by atoms with Crippen LogP contribution in [0.1, 0.15) is 24.2 Å². The number of nitrogens with two attached hydrogens (primary N) is 1. The third-order valence-corrected chi connectivity index (χ3v) is 4.47. The van der Waals surface area contributed by atoms with Crippen molar-refractivity contribution in [3.63, 3.8) is 0 Å². The molecule has 3 rings (SSSR count). The zero-order valence-corrected chi connectivity index (χ0v) is 18.5. The summed E-state index contributed by atoms with van der Waals surface area (Å²) in [5.74, 6) is 2.01. The van der Waals surface area contributed by atoms with Crippen LogP contribution in [0.3, 0.4) is 0 Å². The van der Waals surface area contributed by atoms with Crippen molar-refractivity contribution in [2.75, 3.05) is 37.2 Å². The predicted octanol–water partition coefficient (Wildman–Crippen LogP) is 4.38. The van der Waals surface area contributed by atoms with Crippen LogP contribution in [0, 0.1) is 5.92 Å². The Hall–Kier alpha value is -4.01. The van der Waals surface area contributed by atoms with E-state index < -0.39 is 0 Å². The highest BCUT2D eigenvalue weighted by atomic mass is 16.5. The molecule has 9 nitrogen and oxygen atoms in total. The molecular formula is C23H27N5O4. The topological polar surface area (TPSA) is 121 Å². The molecule has 0 amide bonds.